The molecule has 1 aliphatic rings. The fraction of sp³-hybridized carbons (Fsp3) is 0.286. The number of aryl methyl sites for hydroxylation is 2. The molecule has 5 nitrogen and oxygen atoms in total. The molecule has 4 rings (SSSR count). The average Bonchev–Trinajstić information content (AvgIpc) is 3.34. The van der Waals surface area contributed by atoms with Gasteiger partial charge in [0, 0.05) is 22.0 Å². The van der Waals surface area contributed by atoms with Gasteiger partial charge in [0.15, 0.2) is 0 Å². The van der Waals surface area contributed by atoms with Crippen molar-refractivity contribution in [2.75, 3.05) is 6.54 Å². The molecule has 182 valence electrons. The molecule has 1 aromatic heterocycles. The molecular weight excluding hydrogens is 482 g/mol. The summed E-state index contributed by atoms with van der Waals surface area (Å²) in [6.07, 6.45) is 0.576. The molecule has 7 heteroatoms. The third-order valence-electron chi connectivity index (χ3n) is 6.06. The normalized spacial score (nSPS) is 17.4. The van der Waals surface area contributed by atoms with Crippen LogP contribution in [0.25, 0.3) is 5.76 Å². The van der Waals surface area contributed by atoms with Crippen molar-refractivity contribution in [3.63, 3.8) is 0 Å². The molecule has 1 fully saturated rings. The van der Waals surface area contributed by atoms with E-state index >= 15 is 0 Å². The van der Waals surface area contributed by atoms with Gasteiger partial charge in [-0.25, -0.2) is 0 Å². The van der Waals surface area contributed by atoms with Crippen LogP contribution in [0.3, 0.4) is 0 Å². The zero-order valence-electron chi connectivity index (χ0n) is 20.2. The summed E-state index contributed by atoms with van der Waals surface area (Å²) in [5.41, 5.74) is 3.42. The molecule has 2 heterocycles. The lowest BCUT2D eigenvalue weighted by Gasteiger charge is -2.25. The van der Waals surface area contributed by atoms with E-state index in [1.165, 1.54) is 11.3 Å². The van der Waals surface area contributed by atoms with E-state index in [-0.39, 0.29) is 17.4 Å². The van der Waals surface area contributed by atoms with Crippen LogP contribution in [0.1, 0.15) is 47.0 Å². The maximum Gasteiger partial charge on any atom is 0.295 e. The number of aliphatic hydroxyl groups is 1. The van der Waals surface area contributed by atoms with Gasteiger partial charge in [-0.3, -0.25) is 9.59 Å². The van der Waals surface area contributed by atoms with Crippen LogP contribution in [-0.4, -0.2) is 34.3 Å². The van der Waals surface area contributed by atoms with E-state index in [0.29, 0.717) is 29.3 Å². The number of amides is 1. The number of Topliss-reactive ketones (excluding diaryl/α,β-unsaturated/α-hetero) is 1. The molecule has 0 aliphatic carbocycles. The minimum atomic E-state index is -0.670. The van der Waals surface area contributed by atoms with Gasteiger partial charge in [0.1, 0.15) is 11.5 Å². The van der Waals surface area contributed by atoms with Crippen LogP contribution in [0.5, 0.6) is 5.75 Å². The van der Waals surface area contributed by atoms with Gasteiger partial charge in [0.25, 0.3) is 11.7 Å². The number of benzene rings is 2. The molecule has 2 aromatic carbocycles. The molecule has 1 N–H and O–H groups in total. The first kappa shape index (κ1) is 25.0. The minimum Gasteiger partial charge on any atom is -0.507 e. The summed E-state index contributed by atoms with van der Waals surface area (Å²) in [5.74, 6) is -0.730. The smallest absolute Gasteiger partial charge is 0.295 e. The van der Waals surface area contributed by atoms with Crippen LogP contribution in [0.4, 0.5) is 0 Å². The van der Waals surface area contributed by atoms with Crippen molar-refractivity contribution in [1.82, 2.24) is 4.90 Å². The molecule has 0 saturated carbocycles. The Hall–Kier alpha value is -3.09. The average molecular weight is 510 g/mol. The summed E-state index contributed by atoms with van der Waals surface area (Å²) in [6.45, 7) is 8.07. The summed E-state index contributed by atoms with van der Waals surface area (Å²) in [4.78, 5) is 28.9. The number of nitrogens with zero attached hydrogens (tertiary/aromatic N) is 1. The van der Waals surface area contributed by atoms with Crippen molar-refractivity contribution in [3.05, 3.63) is 91.6 Å². The molecule has 1 unspecified atom stereocenters. The molecule has 1 aliphatic heterocycles. The van der Waals surface area contributed by atoms with Gasteiger partial charge >= 0.3 is 0 Å². The SMILES string of the molecule is Cc1cc(/C(O)=C2/C(=O)C(=O)N(CCc3ccc(Cl)cc3)C2c2sccc2C)ccc1OC(C)C. The molecule has 0 spiro atoms. The van der Waals surface area contributed by atoms with Crippen molar-refractivity contribution < 1.29 is 19.4 Å². The summed E-state index contributed by atoms with van der Waals surface area (Å²) >= 11 is 7.48. The Kier molecular flexibility index (Phi) is 7.33. The number of halogens is 1. The Morgan fingerprint density at radius 1 is 1.09 bits per heavy atom. The second-order valence-corrected chi connectivity index (χ2v) is 10.4. The molecule has 1 saturated heterocycles. The number of ketones is 1. The predicted octanol–water partition coefficient (Wildman–Crippen LogP) is 6.47. The van der Waals surface area contributed by atoms with Gasteiger partial charge in [-0.15, -0.1) is 11.3 Å². The van der Waals surface area contributed by atoms with Crippen LogP contribution in [0.2, 0.25) is 5.02 Å². The number of hydrogen-bond acceptors (Lipinski definition) is 5. The van der Waals surface area contributed by atoms with E-state index in [2.05, 4.69) is 0 Å². The Balaban J connectivity index is 1.74. The topological polar surface area (TPSA) is 66.8 Å². The van der Waals surface area contributed by atoms with Gasteiger partial charge in [-0.1, -0.05) is 23.7 Å². The standard InChI is InChI=1S/C28H28ClNO4S/c1-16(2)34-22-10-7-20(15-18(22)4)25(31)23-24(27-17(3)12-14-35-27)30(28(33)26(23)32)13-11-19-5-8-21(29)9-6-19/h5-10,12,14-16,24,31H,11,13H2,1-4H3/b25-23-. The molecule has 35 heavy (non-hydrogen) atoms. The van der Waals surface area contributed by atoms with Gasteiger partial charge in [-0.2, -0.15) is 0 Å². The van der Waals surface area contributed by atoms with Crippen molar-refractivity contribution >= 4 is 40.4 Å². The first-order valence-electron chi connectivity index (χ1n) is 11.5. The van der Waals surface area contributed by atoms with Crippen LogP contribution < -0.4 is 4.74 Å². The second-order valence-electron chi connectivity index (χ2n) is 8.98. The monoisotopic (exact) mass is 509 g/mol. The van der Waals surface area contributed by atoms with E-state index in [0.717, 1.165) is 21.6 Å². The predicted molar refractivity (Wildman–Crippen MR) is 140 cm³/mol. The Labute approximate surface area is 214 Å². The van der Waals surface area contributed by atoms with Gasteiger partial charge in [-0.05, 0) is 92.6 Å². The Morgan fingerprint density at radius 3 is 2.40 bits per heavy atom. The van der Waals surface area contributed by atoms with E-state index in [1.54, 1.807) is 35.2 Å². The number of ether oxygens (including phenoxy) is 1. The zero-order valence-corrected chi connectivity index (χ0v) is 21.7. The number of likely N-dealkylation sites (tertiary alicyclic amines) is 1. The number of rotatable bonds is 7. The van der Waals surface area contributed by atoms with E-state index in [1.807, 2.05) is 51.3 Å². The minimum absolute atomic E-state index is 0.0147. The third kappa shape index (κ3) is 5.14. The van der Waals surface area contributed by atoms with Gasteiger partial charge < -0.3 is 14.7 Å². The fourth-order valence-electron chi connectivity index (χ4n) is 4.29. The number of hydrogen-bond donors (Lipinski definition) is 1. The molecule has 3 aromatic rings. The summed E-state index contributed by atoms with van der Waals surface area (Å²) in [7, 11) is 0. The van der Waals surface area contributed by atoms with Crippen molar-refractivity contribution in [2.24, 2.45) is 0 Å². The summed E-state index contributed by atoms with van der Waals surface area (Å²) in [5, 5.41) is 13.9. The lowest BCUT2D eigenvalue weighted by atomic mass is 9.97. The molecule has 1 amide bonds. The first-order chi connectivity index (χ1) is 16.7. The van der Waals surface area contributed by atoms with Crippen LogP contribution in [0, 0.1) is 13.8 Å². The maximum atomic E-state index is 13.3. The fourth-order valence-corrected chi connectivity index (χ4v) is 5.46. The number of carbonyl (C=O) groups excluding carboxylic acids is 2. The maximum absolute atomic E-state index is 13.3. The van der Waals surface area contributed by atoms with Gasteiger partial charge in [0.05, 0.1) is 17.7 Å². The van der Waals surface area contributed by atoms with E-state index < -0.39 is 17.7 Å². The largest absolute Gasteiger partial charge is 0.507 e. The zero-order chi connectivity index (χ0) is 25.3. The third-order valence-corrected chi connectivity index (χ3v) is 7.38. The highest BCUT2D eigenvalue weighted by atomic mass is 35.5. The van der Waals surface area contributed by atoms with Crippen LogP contribution in [-0.2, 0) is 16.0 Å². The van der Waals surface area contributed by atoms with Gasteiger partial charge in [0.2, 0.25) is 0 Å². The summed E-state index contributed by atoms with van der Waals surface area (Å²) < 4.78 is 5.80. The lowest BCUT2D eigenvalue weighted by molar-refractivity contribution is -0.139. The molecule has 0 radical (unpaired) electrons. The molecular formula is C28H28ClNO4S. The quantitative estimate of drug-likeness (QED) is 0.225. The van der Waals surface area contributed by atoms with Crippen LogP contribution >= 0.6 is 22.9 Å². The van der Waals surface area contributed by atoms with E-state index in [9.17, 15) is 14.7 Å². The second kappa shape index (κ2) is 10.3. The highest BCUT2D eigenvalue weighted by molar-refractivity contribution is 7.10. The van der Waals surface area contributed by atoms with Crippen molar-refractivity contribution in [3.8, 4) is 5.75 Å². The number of carbonyl (C=O) groups is 2. The highest BCUT2D eigenvalue weighted by Gasteiger charge is 2.46. The van der Waals surface area contributed by atoms with E-state index in [4.69, 9.17) is 16.3 Å². The summed E-state index contributed by atoms with van der Waals surface area (Å²) in [6, 6.07) is 14.0. The first-order valence-corrected chi connectivity index (χ1v) is 12.8. The van der Waals surface area contributed by atoms with Crippen LogP contribution in [0.15, 0.2) is 59.5 Å². The number of thiophene rings is 1. The molecule has 0 bridgehead atoms. The highest BCUT2D eigenvalue weighted by Crippen LogP contribution is 2.43. The Morgan fingerprint density at radius 2 is 1.80 bits per heavy atom. The van der Waals surface area contributed by atoms with Crippen molar-refractivity contribution in [2.45, 2.75) is 46.3 Å². The Bertz CT molecular complexity index is 1290. The van der Waals surface area contributed by atoms with Crippen molar-refractivity contribution in [1.29, 1.82) is 0 Å². The number of aliphatic hydroxyl groups excluding tert-OH is 1. The lowest BCUT2D eigenvalue weighted by Crippen LogP contribution is -2.31. The molecule has 1 atom stereocenters.